The summed E-state index contributed by atoms with van der Waals surface area (Å²) in [6.45, 7) is 0. The summed E-state index contributed by atoms with van der Waals surface area (Å²) in [5, 5.41) is 2.11. The Bertz CT molecular complexity index is 586. The number of fused-ring (bicyclic) bond motifs is 1. The number of para-hydroxylation sites is 1. The van der Waals surface area contributed by atoms with E-state index >= 15 is 0 Å². The minimum atomic E-state index is -0.720. The lowest BCUT2D eigenvalue weighted by Crippen LogP contribution is -2.31. The largest absolute Gasteiger partial charge is 0.367 e. The van der Waals surface area contributed by atoms with Crippen molar-refractivity contribution in [1.29, 1.82) is 0 Å². The Kier molecular flexibility index (Phi) is 4.09. The number of likely N-dealkylation sites (N-methyl/N-ethyl adjacent to an activating group) is 1. The summed E-state index contributed by atoms with van der Waals surface area (Å²) >= 11 is 0. The molecule has 2 aromatic rings. The van der Waals surface area contributed by atoms with E-state index in [1.165, 1.54) is 14.2 Å². The van der Waals surface area contributed by atoms with Crippen molar-refractivity contribution in [1.82, 2.24) is 10.0 Å². The standard InChI is InChI=1S/C14H16N2O3/c1-16(19-3)14(17)13(18-2)11-8-10-6-4-5-7-12(10)15-9-11/h4-9,13H,1-3H3. The van der Waals surface area contributed by atoms with Gasteiger partial charge in [-0.15, -0.1) is 0 Å². The van der Waals surface area contributed by atoms with Gasteiger partial charge < -0.3 is 4.74 Å². The van der Waals surface area contributed by atoms with Gasteiger partial charge in [0.1, 0.15) is 0 Å². The molecular formula is C14H16N2O3. The number of amides is 1. The minimum absolute atomic E-state index is 0.276. The van der Waals surface area contributed by atoms with Crippen molar-refractivity contribution < 1.29 is 14.4 Å². The highest BCUT2D eigenvalue weighted by Gasteiger charge is 2.24. The third-order valence-corrected chi connectivity index (χ3v) is 2.96. The predicted octanol–water partition coefficient (Wildman–Crippen LogP) is 1.94. The third kappa shape index (κ3) is 2.72. The molecule has 0 radical (unpaired) electrons. The van der Waals surface area contributed by atoms with Crippen LogP contribution in [-0.2, 0) is 14.4 Å². The van der Waals surface area contributed by atoms with Crippen LogP contribution in [0.25, 0.3) is 10.9 Å². The highest BCUT2D eigenvalue weighted by molar-refractivity contribution is 5.84. The van der Waals surface area contributed by atoms with Gasteiger partial charge in [0, 0.05) is 31.3 Å². The van der Waals surface area contributed by atoms with Crippen LogP contribution in [0.1, 0.15) is 11.7 Å². The number of benzene rings is 1. The average molecular weight is 260 g/mol. The number of hydrogen-bond donors (Lipinski definition) is 0. The molecule has 1 amide bonds. The lowest BCUT2D eigenvalue weighted by Gasteiger charge is -2.20. The van der Waals surface area contributed by atoms with Gasteiger partial charge in [-0.25, -0.2) is 5.06 Å². The van der Waals surface area contributed by atoms with Gasteiger partial charge in [0.25, 0.3) is 5.91 Å². The van der Waals surface area contributed by atoms with E-state index in [1.54, 1.807) is 13.2 Å². The van der Waals surface area contributed by atoms with Crippen LogP contribution in [0.15, 0.2) is 36.5 Å². The molecule has 5 nitrogen and oxygen atoms in total. The van der Waals surface area contributed by atoms with Crippen LogP contribution in [0.4, 0.5) is 0 Å². The van der Waals surface area contributed by atoms with Crippen molar-refractivity contribution in [3.63, 3.8) is 0 Å². The molecule has 0 bridgehead atoms. The lowest BCUT2D eigenvalue weighted by molar-refractivity contribution is -0.179. The van der Waals surface area contributed by atoms with Crippen LogP contribution >= 0.6 is 0 Å². The Labute approximate surface area is 111 Å². The van der Waals surface area contributed by atoms with Crippen LogP contribution in [0.2, 0.25) is 0 Å². The number of hydroxylamine groups is 2. The molecule has 1 unspecified atom stereocenters. The molecule has 0 saturated carbocycles. The zero-order valence-corrected chi connectivity index (χ0v) is 11.2. The van der Waals surface area contributed by atoms with Gasteiger partial charge in [-0.1, -0.05) is 18.2 Å². The SMILES string of the molecule is COC(C(=O)N(C)OC)c1cnc2ccccc2c1. The third-order valence-electron chi connectivity index (χ3n) is 2.96. The van der Waals surface area contributed by atoms with Gasteiger partial charge >= 0.3 is 0 Å². The molecule has 1 aromatic carbocycles. The van der Waals surface area contributed by atoms with Gasteiger partial charge in [0.15, 0.2) is 6.10 Å². The first-order valence-electron chi connectivity index (χ1n) is 5.86. The molecule has 19 heavy (non-hydrogen) atoms. The van der Waals surface area contributed by atoms with Crippen LogP contribution in [0.5, 0.6) is 0 Å². The topological polar surface area (TPSA) is 51.7 Å². The van der Waals surface area contributed by atoms with Gasteiger partial charge in [0.2, 0.25) is 0 Å². The second-order valence-electron chi connectivity index (χ2n) is 4.10. The molecule has 0 spiro atoms. The molecule has 2 rings (SSSR count). The van der Waals surface area contributed by atoms with E-state index in [4.69, 9.17) is 9.57 Å². The molecule has 1 aromatic heterocycles. The van der Waals surface area contributed by atoms with Crippen LogP contribution in [0.3, 0.4) is 0 Å². The number of carbonyl (C=O) groups excluding carboxylic acids is 1. The van der Waals surface area contributed by atoms with E-state index in [9.17, 15) is 4.79 Å². The van der Waals surface area contributed by atoms with Gasteiger partial charge in [-0.2, -0.15) is 0 Å². The highest BCUT2D eigenvalue weighted by atomic mass is 16.7. The van der Waals surface area contributed by atoms with Crippen molar-refractivity contribution >= 4 is 16.8 Å². The Morgan fingerprint density at radius 2 is 2.05 bits per heavy atom. The lowest BCUT2D eigenvalue weighted by atomic mass is 10.1. The van der Waals surface area contributed by atoms with Gasteiger partial charge in [-0.05, 0) is 12.1 Å². The molecule has 1 atom stereocenters. The van der Waals surface area contributed by atoms with E-state index in [0.29, 0.717) is 5.56 Å². The molecule has 0 fully saturated rings. The number of methoxy groups -OCH3 is 1. The number of rotatable bonds is 4. The van der Waals surface area contributed by atoms with Crippen molar-refractivity contribution in [3.05, 3.63) is 42.1 Å². The maximum atomic E-state index is 12.1. The fourth-order valence-electron chi connectivity index (χ4n) is 1.87. The Hall–Kier alpha value is -1.98. The predicted molar refractivity (Wildman–Crippen MR) is 71.3 cm³/mol. The smallest absolute Gasteiger partial charge is 0.279 e. The van der Waals surface area contributed by atoms with E-state index in [1.807, 2.05) is 30.3 Å². The molecular weight excluding hydrogens is 244 g/mol. The number of ether oxygens (including phenoxy) is 1. The molecule has 100 valence electrons. The van der Waals surface area contributed by atoms with Gasteiger partial charge in [-0.3, -0.25) is 14.6 Å². The van der Waals surface area contributed by atoms with Gasteiger partial charge in [0.05, 0.1) is 12.6 Å². The van der Waals surface area contributed by atoms with E-state index in [2.05, 4.69) is 4.98 Å². The maximum Gasteiger partial charge on any atom is 0.279 e. The number of carbonyl (C=O) groups is 1. The highest BCUT2D eigenvalue weighted by Crippen LogP contribution is 2.22. The summed E-state index contributed by atoms with van der Waals surface area (Å²) in [5.74, 6) is -0.276. The zero-order chi connectivity index (χ0) is 13.8. The summed E-state index contributed by atoms with van der Waals surface area (Å²) in [7, 11) is 4.47. The quantitative estimate of drug-likeness (QED) is 0.788. The molecule has 0 saturated heterocycles. The Morgan fingerprint density at radius 3 is 2.74 bits per heavy atom. The number of hydrogen-bond acceptors (Lipinski definition) is 4. The maximum absolute atomic E-state index is 12.1. The molecule has 1 heterocycles. The van der Waals surface area contributed by atoms with Crippen LogP contribution in [-0.4, -0.2) is 37.2 Å². The van der Waals surface area contributed by atoms with Crippen molar-refractivity contribution in [2.75, 3.05) is 21.3 Å². The first kappa shape index (κ1) is 13.5. The van der Waals surface area contributed by atoms with Crippen LogP contribution in [0, 0.1) is 0 Å². The molecule has 5 heteroatoms. The Morgan fingerprint density at radius 1 is 1.32 bits per heavy atom. The summed E-state index contributed by atoms with van der Waals surface area (Å²) in [5.41, 5.74) is 1.59. The van der Waals surface area contributed by atoms with Crippen molar-refractivity contribution in [2.45, 2.75) is 6.10 Å². The fourth-order valence-corrected chi connectivity index (χ4v) is 1.87. The van der Waals surface area contributed by atoms with E-state index in [0.717, 1.165) is 16.0 Å². The van der Waals surface area contributed by atoms with Crippen molar-refractivity contribution in [3.8, 4) is 0 Å². The molecule has 0 aliphatic heterocycles. The first-order chi connectivity index (χ1) is 9.17. The fraction of sp³-hybridized carbons (Fsp3) is 0.286. The van der Waals surface area contributed by atoms with E-state index < -0.39 is 6.10 Å². The first-order valence-corrected chi connectivity index (χ1v) is 5.86. The Balaban J connectivity index is 2.38. The summed E-state index contributed by atoms with van der Waals surface area (Å²) in [4.78, 5) is 21.3. The summed E-state index contributed by atoms with van der Waals surface area (Å²) < 4.78 is 5.26. The average Bonchev–Trinajstić information content (AvgIpc) is 2.46. The zero-order valence-electron chi connectivity index (χ0n) is 11.2. The number of nitrogens with zero attached hydrogens (tertiary/aromatic N) is 2. The van der Waals surface area contributed by atoms with E-state index in [-0.39, 0.29) is 5.91 Å². The minimum Gasteiger partial charge on any atom is -0.367 e. The molecule has 0 N–H and O–H groups in total. The van der Waals surface area contributed by atoms with Crippen molar-refractivity contribution in [2.24, 2.45) is 0 Å². The monoisotopic (exact) mass is 260 g/mol. The number of pyridine rings is 1. The summed E-state index contributed by atoms with van der Waals surface area (Å²) in [6, 6.07) is 9.62. The normalized spacial score (nSPS) is 12.4. The number of aromatic nitrogens is 1. The molecule has 0 aliphatic rings. The summed E-state index contributed by atoms with van der Waals surface area (Å²) in [6.07, 6.45) is 0.930. The second-order valence-corrected chi connectivity index (χ2v) is 4.10. The second kappa shape index (κ2) is 5.77. The molecule has 0 aliphatic carbocycles. The van der Waals surface area contributed by atoms with Crippen LogP contribution < -0.4 is 0 Å².